The average molecular weight is 212 g/mol. The SMILES string of the molecule is C\C=C/C=C\C(=C/C)C(C)c1ccccc1. The summed E-state index contributed by atoms with van der Waals surface area (Å²) in [7, 11) is 0. The summed E-state index contributed by atoms with van der Waals surface area (Å²) in [6.07, 6.45) is 10.5. The number of hydrogen-bond acceptors (Lipinski definition) is 0. The van der Waals surface area contributed by atoms with Crippen LogP contribution in [0.4, 0.5) is 0 Å². The number of rotatable bonds is 4. The minimum Gasteiger partial charge on any atom is -0.0877 e. The Bertz CT molecular complexity index is 380. The molecule has 0 radical (unpaired) electrons. The lowest BCUT2D eigenvalue weighted by Crippen LogP contribution is -1.95. The van der Waals surface area contributed by atoms with E-state index in [0.717, 1.165) is 0 Å². The highest BCUT2D eigenvalue weighted by Gasteiger charge is 2.06. The summed E-state index contributed by atoms with van der Waals surface area (Å²) in [5, 5.41) is 0. The normalized spacial score (nSPS) is 14.8. The first-order valence-electron chi connectivity index (χ1n) is 5.80. The summed E-state index contributed by atoms with van der Waals surface area (Å²) in [6.45, 7) is 6.36. The fourth-order valence-electron chi connectivity index (χ4n) is 1.70. The van der Waals surface area contributed by atoms with Crippen LogP contribution in [0.5, 0.6) is 0 Å². The van der Waals surface area contributed by atoms with E-state index in [1.165, 1.54) is 11.1 Å². The van der Waals surface area contributed by atoms with Crippen molar-refractivity contribution in [3.05, 3.63) is 71.8 Å². The Hall–Kier alpha value is -1.56. The molecule has 0 amide bonds. The highest BCUT2D eigenvalue weighted by atomic mass is 14.1. The van der Waals surface area contributed by atoms with Gasteiger partial charge >= 0.3 is 0 Å². The molecule has 1 rings (SSSR count). The van der Waals surface area contributed by atoms with E-state index in [2.05, 4.69) is 68.5 Å². The van der Waals surface area contributed by atoms with Crippen LogP contribution in [0.2, 0.25) is 0 Å². The quantitative estimate of drug-likeness (QED) is 0.625. The second-order valence-electron chi connectivity index (χ2n) is 3.81. The molecule has 0 aliphatic heterocycles. The molecule has 0 bridgehead atoms. The molecule has 0 spiro atoms. The molecule has 0 N–H and O–H groups in total. The Balaban J connectivity index is 2.83. The van der Waals surface area contributed by atoms with Gasteiger partial charge in [0.2, 0.25) is 0 Å². The molecule has 0 aliphatic carbocycles. The molecule has 0 heterocycles. The van der Waals surface area contributed by atoms with Crippen LogP contribution in [0.1, 0.15) is 32.3 Å². The fourth-order valence-corrected chi connectivity index (χ4v) is 1.70. The summed E-state index contributed by atoms with van der Waals surface area (Å²) in [6, 6.07) is 10.6. The van der Waals surface area contributed by atoms with E-state index in [1.54, 1.807) is 0 Å². The maximum atomic E-state index is 2.24. The van der Waals surface area contributed by atoms with Crippen LogP contribution in [0, 0.1) is 0 Å². The molecule has 16 heavy (non-hydrogen) atoms. The monoisotopic (exact) mass is 212 g/mol. The summed E-state index contributed by atoms with van der Waals surface area (Å²) >= 11 is 0. The average Bonchev–Trinajstić information content (AvgIpc) is 2.35. The molecule has 0 nitrogen and oxygen atoms in total. The maximum Gasteiger partial charge on any atom is 0.00577 e. The number of hydrogen-bond donors (Lipinski definition) is 0. The summed E-state index contributed by atoms with van der Waals surface area (Å²) in [5.41, 5.74) is 2.71. The van der Waals surface area contributed by atoms with Gasteiger partial charge in [-0.3, -0.25) is 0 Å². The predicted octanol–water partition coefficient (Wildman–Crippen LogP) is 4.87. The second kappa shape index (κ2) is 6.84. The van der Waals surface area contributed by atoms with E-state index >= 15 is 0 Å². The molecular formula is C16H20. The molecule has 0 fully saturated rings. The summed E-state index contributed by atoms with van der Waals surface area (Å²) < 4.78 is 0. The van der Waals surface area contributed by atoms with Gasteiger partial charge in [0.1, 0.15) is 0 Å². The third kappa shape index (κ3) is 3.54. The van der Waals surface area contributed by atoms with Crippen molar-refractivity contribution in [3.8, 4) is 0 Å². The van der Waals surface area contributed by atoms with Gasteiger partial charge in [-0.05, 0) is 25.0 Å². The molecule has 1 atom stereocenters. The Morgan fingerprint density at radius 3 is 2.31 bits per heavy atom. The van der Waals surface area contributed by atoms with E-state index in [0.29, 0.717) is 5.92 Å². The van der Waals surface area contributed by atoms with Gasteiger partial charge in [0.15, 0.2) is 0 Å². The van der Waals surface area contributed by atoms with Crippen LogP contribution in [-0.2, 0) is 0 Å². The van der Waals surface area contributed by atoms with Crippen LogP contribution in [0.3, 0.4) is 0 Å². The lowest BCUT2D eigenvalue weighted by atomic mass is 9.92. The predicted molar refractivity (Wildman–Crippen MR) is 72.6 cm³/mol. The zero-order valence-electron chi connectivity index (χ0n) is 10.4. The molecule has 84 valence electrons. The third-order valence-corrected chi connectivity index (χ3v) is 2.73. The molecule has 0 heteroatoms. The first-order valence-corrected chi connectivity index (χ1v) is 5.80. The minimum atomic E-state index is 0.452. The number of allylic oxidation sites excluding steroid dienone is 6. The largest absolute Gasteiger partial charge is 0.0877 e. The lowest BCUT2D eigenvalue weighted by molar-refractivity contribution is 0.918. The first-order chi connectivity index (χ1) is 7.79. The molecule has 1 aromatic rings. The minimum absolute atomic E-state index is 0.452. The van der Waals surface area contributed by atoms with Crippen LogP contribution in [0.15, 0.2) is 66.3 Å². The Labute approximate surface area is 99.0 Å². The molecular weight excluding hydrogens is 192 g/mol. The van der Waals surface area contributed by atoms with Gasteiger partial charge in [-0.2, -0.15) is 0 Å². The van der Waals surface area contributed by atoms with Crippen LogP contribution in [-0.4, -0.2) is 0 Å². The van der Waals surface area contributed by atoms with Crippen molar-refractivity contribution in [1.82, 2.24) is 0 Å². The zero-order valence-corrected chi connectivity index (χ0v) is 10.4. The summed E-state index contributed by atoms with van der Waals surface area (Å²) in [4.78, 5) is 0. The maximum absolute atomic E-state index is 2.24. The van der Waals surface area contributed by atoms with Gasteiger partial charge in [-0.25, -0.2) is 0 Å². The van der Waals surface area contributed by atoms with Gasteiger partial charge in [-0.15, -0.1) is 0 Å². The second-order valence-corrected chi connectivity index (χ2v) is 3.81. The smallest absolute Gasteiger partial charge is 0.00577 e. The Kier molecular flexibility index (Phi) is 5.35. The van der Waals surface area contributed by atoms with Crippen molar-refractivity contribution in [2.45, 2.75) is 26.7 Å². The van der Waals surface area contributed by atoms with Crippen molar-refractivity contribution >= 4 is 0 Å². The molecule has 0 saturated heterocycles. The Morgan fingerprint density at radius 2 is 1.75 bits per heavy atom. The van der Waals surface area contributed by atoms with Crippen LogP contribution in [0.25, 0.3) is 0 Å². The highest BCUT2D eigenvalue weighted by molar-refractivity contribution is 5.34. The first kappa shape index (κ1) is 12.5. The topological polar surface area (TPSA) is 0 Å². The van der Waals surface area contributed by atoms with Gasteiger partial charge < -0.3 is 0 Å². The lowest BCUT2D eigenvalue weighted by Gasteiger charge is -2.12. The van der Waals surface area contributed by atoms with E-state index < -0.39 is 0 Å². The van der Waals surface area contributed by atoms with E-state index in [4.69, 9.17) is 0 Å². The number of benzene rings is 1. The Morgan fingerprint density at radius 1 is 1.06 bits per heavy atom. The summed E-state index contributed by atoms with van der Waals surface area (Å²) in [5.74, 6) is 0.452. The molecule has 0 aromatic heterocycles. The van der Waals surface area contributed by atoms with Crippen molar-refractivity contribution in [2.75, 3.05) is 0 Å². The molecule has 0 saturated carbocycles. The van der Waals surface area contributed by atoms with Gasteiger partial charge in [0, 0.05) is 5.92 Å². The molecule has 1 unspecified atom stereocenters. The van der Waals surface area contributed by atoms with Crippen molar-refractivity contribution in [1.29, 1.82) is 0 Å². The van der Waals surface area contributed by atoms with Crippen molar-refractivity contribution in [3.63, 3.8) is 0 Å². The molecule has 1 aromatic carbocycles. The van der Waals surface area contributed by atoms with Gasteiger partial charge in [0.05, 0.1) is 0 Å². The zero-order chi connectivity index (χ0) is 11.8. The van der Waals surface area contributed by atoms with E-state index in [-0.39, 0.29) is 0 Å². The van der Waals surface area contributed by atoms with Gasteiger partial charge in [0.25, 0.3) is 0 Å². The van der Waals surface area contributed by atoms with Crippen molar-refractivity contribution in [2.24, 2.45) is 0 Å². The molecule has 0 aliphatic rings. The van der Waals surface area contributed by atoms with Crippen molar-refractivity contribution < 1.29 is 0 Å². The van der Waals surface area contributed by atoms with Crippen LogP contribution < -0.4 is 0 Å². The fraction of sp³-hybridized carbons (Fsp3) is 0.250. The van der Waals surface area contributed by atoms with E-state index in [1.807, 2.05) is 13.0 Å². The standard InChI is InChI=1S/C16H20/c1-4-6-8-11-15(5-2)14(3)16-12-9-7-10-13-16/h4-14H,1-3H3/b6-4-,11-8-,15-5+. The van der Waals surface area contributed by atoms with E-state index in [9.17, 15) is 0 Å². The third-order valence-electron chi connectivity index (χ3n) is 2.73. The van der Waals surface area contributed by atoms with Crippen LogP contribution >= 0.6 is 0 Å². The van der Waals surface area contributed by atoms with Gasteiger partial charge in [-0.1, -0.05) is 67.6 Å². The highest BCUT2D eigenvalue weighted by Crippen LogP contribution is 2.24.